The van der Waals surface area contributed by atoms with Crippen molar-refractivity contribution in [3.63, 3.8) is 0 Å². The standard InChI is InChI=1S/C21H24Cl2N2O2S/c1-3-24-8-10-25(11-9-24)21(28)16-5-7-19(20(13-16)26-2)27-14-15-4-6-17(22)18(23)12-15/h4-7,12-13H,3,8-11,14H2,1-2H3. The van der Waals surface area contributed by atoms with Crippen molar-refractivity contribution in [2.75, 3.05) is 39.8 Å². The first-order valence-electron chi connectivity index (χ1n) is 9.28. The van der Waals surface area contributed by atoms with Gasteiger partial charge in [-0.15, -0.1) is 0 Å². The summed E-state index contributed by atoms with van der Waals surface area (Å²) in [4.78, 5) is 5.54. The summed E-state index contributed by atoms with van der Waals surface area (Å²) in [6.07, 6.45) is 0. The van der Waals surface area contributed by atoms with Gasteiger partial charge in [-0.25, -0.2) is 0 Å². The quantitative estimate of drug-likeness (QED) is 0.597. The monoisotopic (exact) mass is 438 g/mol. The summed E-state index contributed by atoms with van der Waals surface area (Å²) in [5.74, 6) is 1.32. The third kappa shape index (κ3) is 5.09. The van der Waals surface area contributed by atoms with E-state index in [0.29, 0.717) is 28.2 Å². The van der Waals surface area contributed by atoms with Crippen LogP contribution in [0.3, 0.4) is 0 Å². The van der Waals surface area contributed by atoms with Crippen LogP contribution in [0, 0.1) is 0 Å². The van der Waals surface area contributed by atoms with Crippen molar-refractivity contribution in [3.05, 3.63) is 57.6 Å². The Morgan fingerprint density at radius 2 is 1.75 bits per heavy atom. The van der Waals surface area contributed by atoms with E-state index < -0.39 is 0 Å². The van der Waals surface area contributed by atoms with E-state index in [-0.39, 0.29) is 0 Å². The first-order chi connectivity index (χ1) is 13.5. The molecule has 150 valence electrons. The van der Waals surface area contributed by atoms with Gasteiger partial charge in [0.05, 0.1) is 17.2 Å². The van der Waals surface area contributed by atoms with Crippen LogP contribution >= 0.6 is 35.4 Å². The average molecular weight is 439 g/mol. The van der Waals surface area contributed by atoms with Gasteiger partial charge in [-0.1, -0.05) is 48.4 Å². The first-order valence-corrected chi connectivity index (χ1v) is 10.4. The van der Waals surface area contributed by atoms with Crippen LogP contribution in [-0.4, -0.2) is 54.6 Å². The molecular weight excluding hydrogens is 415 g/mol. The third-order valence-corrected chi connectivity index (χ3v) is 6.13. The number of benzene rings is 2. The summed E-state index contributed by atoms with van der Waals surface area (Å²) in [5.41, 5.74) is 1.91. The fourth-order valence-electron chi connectivity index (χ4n) is 3.16. The molecule has 0 bridgehead atoms. The Bertz CT molecular complexity index is 839. The lowest BCUT2D eigenvalue weighted by Gasteiger charge is -2.35. The van der Waals surface area contributed by atoms with E-state index in [4.69, 9.17) is 44.9 Å². The molecule has 0 atom stereocenters. The predicted octanol–water partition coefficient (Wildman–Crippen LogP) is 4.89. The summed E-state index contributed by atoms with van der Waals surface area (Å²) in [6, 6.07) is 11.3. The Hall–Kier alpha value is -1.53. The Morgan fingerprint density at radius 3 is 2.39 bits per heavy atom. The van der Waals surface area contributed by atoms with Crippen LogP contribution < -0.4 is 9.47 Å². The summed E-state index contributed by atoms with van der Waals surface area (Å²) >= 11 is 17.7. The van der Waals surface area contributed by atoms with Gasteiger partial charge in [0.15, 0.2) is 11.5 Å². The fraction of sp³-hybridized carbons (Fsp3) is 0.381. The van der Waals surface area contributed by atoms with Crippen molar-refractivity contribution in [2.24, 2.45) is 0 Å². The van der Waals surface area contributed by atoms with Crippen LogP contribution in [0.1, 0.15) is 18.1 Å². The molecule has 1 aliphatic rings. The third-order valence-electron chi connectivity index (χ3n) is 4.90. The van der Waals surface area contributed by atoms with Crippen LogP contribution in [0.25, 0.3) is 0 Å². The molecule has 0 spiro atoms. The van der Waals surface area contributed by atoms with E-state index in [9.17, 15) is 0 Å². The number of likely N-dealkylation sites (N-methyl/N-ethyl adjacent to an activating group) is 1. The highest BCUT2D eigenvalue weighted by atomic mass is 35.5. The summed E-state index contributed by atoms with van der Waals surface area (Å²) in [5, 5.41) is 1.04. The van der Waals surface area contributed by atoms with Crippen LogP contribution in [0.5, 0.6) is 11.5 Å². The van der Waals surface area contributed by atoms with Gasteiger partial charge in [-0.2, -0.15) is 0 Å². The van der Waals surface area contributed by atoms with Crippen molar-refractivity contribution >= 4 is 40.4 Å². The highest BCUT2D eigenvalue weighted by Crippen LogP contribution is 2.30. The number of ether oxygens (including phenoxy) is 2. The molecule has 2 aromatic rings. The minimum atomic E-state index is 0.371. The number of piperazine rings is 1. The molecule has 4 nitrogen and oxygen atoms in total. The van der Waals surface area contributed by atoms with Crippen molar-refractivity contribution in [1.29, 1.82) is 0 Å². The van der Waals surface area contributed by atoms with E-state index in [1.165, 1.54) is 0 Å². The lowest BCUT2D eigenvalue weighted by atomic mass is 10.1. The Morgan fingerprint density at radius 1 is 1.00 bits per heavy atom. The van der Waals surface area contributed by atoms with Gasteiger partial charge in [0.1, 0.15) is 11.6 Å². The molecule has 0 amide bonds. The van der Waals surface area contributed by atoms with E-state index in [2.05, 4.69) is 16.7 Å². The summed E-state index contributed by atoms with van der Waals surface area (Å²) in [7, 11) is 1.63. The second kappa shape index (κ2) is 9.79. The van der Waals surface area contributed by atoms with E-state index in [1.54, 1.807) is 19.2 Å². The van der Waals surface area contributed by atoms with Crippen molar-refractivity contribution in [1.82, 2.24) is 9.80 Å². The zero-order chi connectivity index (χ0) is 20.1. The average Bonchev–Trinajstić information content (AvgIpc) is 2.74. The number of hydrogen-bond acceptors (Lipinski definition) is 4. The van der Waals surface area contributed by atoms with Crippen LogP contribution in [0.4, 0.5) is 0 Å². The lowest BCUT2D eigenvalue weighted by Crippen LogP contribution is -2.48. The highest BCUT2D eigenvalue weighted by molar-refractivity contribution is 7.80. The van der Waals surface area contributed by atoms with Crippen LogP contribution in [0.2, 0.25) is 10.0 Å². The second-order valence-corrected chi connectivity index (χ2v) is 7.83. The van der Waals surface area contributed by atoms with E-state index in [1.807, 2.05) is 24.3 Å². The van der Waals surface area contributed by atoms with Gasteiger partial charge in [0, 0.05) is 31.7 Å². The first kappa shape index (κ1) is 21.2. The molecule has 1 aliphatic heterocycles. The predicted molar refractivity (Wildman–Crippen MR) is 119 cm³/mol. The summed E-state index contributed by atoms with van der Waals surface area (Å²) < 4.78 is 11.5. The largest absolute Gasteiger partial charge is 0.493 e. The summed E-state index contributed by atoms with van der Waals surface area (Å²) in [6.45, 7) is 7.62. The number of halogens is 2. The lowest BCUT2D eigenvalue weighted by molar-refractivity contribution is 0.192. The topological polar surface area (TPSA) is 24.9 Å². The molecule has 0 radical (unpaired) electrons. The van der Waals surface area contributed by atoms with E-state index in [0.717, 1.165) is 48.8 Å². The van der Waals surface area contributed by atoms with Gasteiger partial charge in [-0.3, -0.25) is 0 Å². The Labute approximate surface area is 181 Å². The zero-order valence-corrected chi connectivity index (χ0v) is 18.4. The van der Waals surface area contributed by atoms with Gasteiger partial charge < -0.3 is 19.3 Å². The zero-order valence-electron chi connectivity index (χ0n) is 16.1. The van der Waals surface area contributed by atoms with Gasteiger partial charge >= 0.3 is 0 Å². The number of rotatable bonds is 6. The van der Waals surface area contributed by atoms with Crippen molar-refractivity contribution in [2.45, 2.75) is 13.5 Å². The maximum atomic E-state index is 6.07. The Balaban J connectivity index is 1.67. The minimum absolute atomic E-state index is 0.371. The molecule has 7 heteroatoms. The smallest absolute Gasteiger partial charge is 0.161 e. The maximum absolute atomic E-state index is 6.07. The Kier molecular flexibility index (Phi) is 7.41. The normalized spacial score (nSPS) is 14.8. The molecule has 0 saturated carbocycles. The van der Waals surface area contributed by atoms with Gasteiger partial charge in [0.25, 0.3) is 0 Å². The number of hydrogen-bond donors (Lipinski definition) is 0. The number of thiocarbonyl (C=S) groups is 1. The molecule has 0 unspecified atom stereocenters. The van der Waals surface area contributed by atoms with Crippen molar-refractivity contribution in [3.8, 4) is 11.5 Å². The van der Waals surface area contributed by atoms with Crippen LogP contribution in [0.15, 0.2) is 36.4 Å². The highest BCUT2D eigenvalue weighted by Gasteiger charge is 2.19. The molecule has 1 fully saturated rings. The SMILES string of the molecule is CCN1CCN(C(=S)c2ccc(OCc3ccc(Cl)c(Cl)c3)c(OC)c2)CC1. The van der Waals surface area contributed by atoms with Crippen LogP contribution in [-0.2, 0) is 6.61 Å². The van der Waals surface area contributed by atoms with Crippen molar-refractivity contribution < 1.29 is 9.47 Å². The molecule has 28 heavy (non-hydrogen) atoms. The molecule has 0 N–H and O–H groups in total. The maximum Gasteiger partial charge on any atom is 0.161 e. The fourth-order valence-corrected chi connectivity index (χ4v) is 3.79. The molecule has 1 heterocycles. The number of nitrogens with zero attached hydrogens (tertiary/aromatic N) is 2. The molecule has 0 aliphatic carbocycles. The molecule has 3 rings (SSSR count). The molecule has 2 aromatic carbocycles. The van der Waals surface area contributed by atoms with Gasteiger partial charge in [0.2, 0.25) is 0 Å². The minimum Gasteiger partial charge on any atom is -0.493 e. The van der Waals surface area contributed by atoms with Gasteiger partial charge in [-0.05, 0) is 42.4 Å². The molecule has 1 saturated heterocycles. The van der Waals surface area contributed by atoms with E-state index >= 15 is 0 Å². The molecule has 0 aromatic heterocycles. The number of methoxy groups -OCH3 is 1. The molecular formula is C21H24Cl2N2O2S. The second-order valence-electron chi connectivity index (χ2n) is 6.63.